The number of carbonyl (C=O) groups excluding carboxylic acids is 5. The number of rotatable bonds is 5. The van der Waals surface area contributed by atoms with Crippen LogP contribution >= 0.6 is 0 Å². The molecule has 0 saturated carbocycles. The van der Waals surface area contributed by atoms with E-state index in [2.05, 4.69) is 0 Å². The zero-order valence-electron chi connectivity index (χ0n) is 30.1. The van der Waals surface area contributed by atoms with Gasteiger partial charge >= 0.3 is 11.9 Å². The highest BCUT2D eigenvalue weighted by atomic mass is 16.7. The maximum atomic E-state index is 14.2. The molecule has 2 bridgehead atoms. The number of hydrogen-bond donors (Lipinski definition) is 1. The molecule has 3 fully saturated rings. The molecule has 0 aliphatic carbocycles. The first-order valence-corrected chi connectivity index (χ1v) is 17.1. The molecule has 12 nitrogen and oxygen atoms in total. The standard InChI is InChI=1S/C35H57NO11/c1-12-27-35(9,42)25-14-13-24(38)17-43-34(8,16-18(2)28(39)20(25)4)31(21(5)29(40)22(6)32(41)46-27)47-33-30(45-23(7)37)26(36(10)11)15-19(3)44-33/h18-22,25-27,30-31,33,42H,12-17H2,1-11H3/t18-,19-,20-,21?,22-,25-,26+,27-,30-,31-,33+,34-,35+/m1/s1. The summed E-state index contributed by atoms with van der Waals surface area (Å²) in [6.07, 6.45) is -3.47. The van der Waals surface area contributed by atoms with Crippen LogP contribution in [0.3, 0.4) is 0 Å². The van der Waals surface area contributed by atoms with Gasteiger partial charge in [0.25, 0.3) is 0 Å². The molecule has 3 aliphatic rings. The second-order valence-corrected chi connectivity index (χ2v) is 14.8. The summed E-state index contributed by atoms with van der Waals surface area (Å²) in [4.78, 5) is 69.4. The van der Waals surface area contributed by atoms with Crippen molar-refractivity contribution < 1.29 is 52.8 Å². The van der Waals surface area contributed by atoms with Crippen molar-refractivity contribution in [3.8, 4) is 0 Å². The van der Waals surface area contributed by atoms with Crippen LogP contribution in [0.1, 0.15) is 94.4 Å². The number of Topliss-reactive ketones (excluding diaryl/α,β-unsaturated/α-hetero) is 3. The van der Waals surface area contributed by atoms with Gasteiger partial charge in [-0.25, -0.2) is 0 Å². The Hall–Kier alpha value is -2.25. The Balaban J connectivity index is 2.23. The van der Waals surface area contributed by atoms with Gasteiger partial charge in [-0.2, -0.15) is 0 Å². The van der Waals surface area contributed by atoms with Gasteiger partial charge in [0.15, 0.2) is 24.0 Å². The summed E-state index contributed by atoms with van der Waals surface area (Å²) >= 11 is 0. The molecule has 12 heteroatoms. The summed E-state index contributed by atoms with van der Waals surface area (Å²) in [5.41, 5.74) is -3.08. The zero-order valence-corrected chi connectivity index (χ0v) is 30.1. The minimum atomic E-state index is -1.66. The molecule has 1 N–H and O–H groups in total. The van der Waals surface area contributed by atoms with Crippen molar-refractivity contribution in [2.75, 3.05) is 20.7 Å². The van der Waals surface area contributed by atoms with Gasteiger partial charge in [0.1, 0.15) is 30.0 Å². The molecule has 0 spiro atoms. The average Bonchev–Trinajstić information content (AvgIpc) is 3.00. The summed E-state index contributed by atoms with van der Waals surface area (Å²) in [5, 5.41) is 11.9. The van der Waals surface area contributed by atoms with Crippen LogP contribution in [0, 0.1) is 29.6 Å². The van der Waals surface area contributed by atoms with Crippen molar-refractivity contribution in [1.29, 1.82) is 0 Å². The monoisotopic (exact) mass is 667 g/mol. The highest BCUT2D eigenvalue weighted by Gasteiger charge is 2.53. The predicted octanol–water partition coefficient (Wildman–Crippen LogP) is 3.28. The molecule has 3 heterocycles. The lowest BCUT2D eigenvalue weighted by Crippen LogP contribution is -2.60. The third-order valence-electron chi connectivity index (χ3n) is 10.7. The van der Waals surface area contributed by atoms with Gasteiger partial charge in [0, 0.05) is 37.0 Å². The molecule has 13 atom stereocenters. The molecule has 3 rings (SSSR count). The van der Waals surface area contributed by atoms with Crippen LogP contribution in [0.15, 0.2) is 0 Å². The summed E-state index contributed by atoms with van der Waals surface area (Å²) in [6.45, 7) is 14.4. The fourth-order valence-corrected chi connectivity index (χ4v) is 7.94. The fourth-order valence-electron chi connectivity index (χ4n) is 7.94. The molecule has 0 amide bonds. The Bertz CT molecular complexity index is 1170. The lowest BCUT2D eigenvalue weighted by molar-refractivity contribution is -0.299. The van der Waals surface area contributed by atoms with Crippen LogP contribution in [0.25, 0.3) is 0 Å². The van der Waals surface area contributed by atoms with Crippen molar-refractivity contribution in [3.05, 3.63) is 0 Å². The highest BCUT2D eigenvalue weighted by molar-refractivity contribution is 6.00. The first-order valence-electron chi connectivity index (χ1n) is 17.1. The van der Waals surface area contributed by atoms with Gasteiger partial charge in [0.05, 0.1) is 23.9 Å². The molecular formula is C35H57NO11. The topological polar surface area (TPSA) is 155 Å². The molecule has 0 radical (unpaired) electrons. The average molecular weight is 668 g/mol. The molecule has 1 unspecified atom stereocenters. The van der Waals surface area contributed by atoms with E-state index in [4.69, 9.17) is 23.7 Å². The van der Waals surface area contributed by atoms with Gasteiger partial charge < -0.3 is 33.7 Å². The normalized spacial score (nSPS) is 43.0. The van der Waals surface area contributed by atoms with Crippen LogP contribution in [-0.4, -0.2) is 108 Å². The van der Waals surface area contributed by atoms with Crippen molar-refractivity contribution in [3.63, 3.8) is 0 Å². The van der Waals surface area contributed by atoms with Crippen LogP contribution < -0.4 is 0 Å². The maximum absolute atomic E-state index is 14.2. The second-order valence-electron chi connectivity index (χ2n) is 14.8. The van der Waals surface area contributed by atoms with Gasteiger partial charge in [-0.1, -0.05) is 27.7 Å². The first-order chi connectivity index (χ1) is 21.7. The largest absolute Gasteiger partial charge is 0.459 e. The fraction of sp³-hybridized carbons (Fsp3) is 0.857. The van der Waals surface area contributed by atoms with E-state index in [1.54, 1.807) is 34.6 Å². The minimum Gasteiger partial charge on any atom is -0.459 e. The molecule has 268 valence electrons. The number of ketones is 3. The summed E-state index contributed by atoms with van der Waals surface area (Å²) < 4.78 is 31.0. The van der Waals surface area contributed by atoms with E-state index < -0.39 is 83.1 Å². The number of likely N-dealkylation sites (N-methyl/N-ethyl adjacent to an activating group) is 1. The summed E-state index contributed by atoms with van der Waals surface area (Å²) in [5.74, 6) is -6.57. The molecule has 0 aromatic heterocycles. The number of esters is 2. The van der Waals surface area contributed by atoms with Crippen LogP contribution in [0.5, 0.6) is 0 Å². The number of aliphatic hydroxyl groups is 1. The van der Waals surface area contributed by atoms with E-state index in [1.807, 2.05) is 25.9 Å². The van der Waals surface area contributed by atoms with E-state index in [0.717, 1.165) is 0 Å². The number of hydrogen-bond acceptors (Lipinski definition) is 12. The summed E-state index contributed by atoms with van der Waals surface area (Å²) in [6, 6.07) is -0.286. The Kier molecular flexibility index (Phi) is 13.0. The van der Waals surface area contributed by atoms with E-state index in [0.29, 0.717) is 6.42 Å². The third-order valence-corrected chi connectivity index (χ3v) is 10.7. The van der Waals surface area contributed by atoms with Crippen molar-refractivity contribution in [2.24, 2.45) is 29.6 Å². The smallest absolute Gasteiger partial charge is 0.316 e. The molecule has 47 heavy (non-hydrogen) atoms. The van der Waals surface area contributed by atoms with Gasteiger partial charge in [-0.3, -0.25) is 24.0 Å². The molecule has 3 saturated heterocycles. The Morgan fingerprint density at radius 2 is 1.66 bits per heavy atom. The predicted molar refractivity (Wildman–Crippen MR) is 171 cm³/mol. The van der Waals surface area contributed by atoms with E-state index >= 15 is 0 Å². The Morgan fingerprint density at radius 1 is 1.02 bits per heavy atom. The SMILES string of the molecule is CC[C@H]1OC(=O)[C@H](C)C(=O)C(C)[C@@H](O[C@@H]2O[C@H](C)C[C@H](N(C)C)[C@H]2OC(C)=O)[C@@]2(C)C[C@@H](C)C(=O)[C@H](C)[C@@H](CCC(=O)CO2)[C@]1(C)O. The second kappa shape index (κ2) is 15.5. The lowest BCUT2D eigenvalue weighted by Gasteiger charge is -2.48. The van der Waals surface area contributed by atoms with Gasteiger partial charge in [0.2, 0.25) is 0 Å². The summed E-state index contributed by atoms with van der Waals surface area (Å²) in [7, 11) is 3.72. The molecule has 0 aromatic carbocycles. The number of nitrogens with zero attached hydrogens (tertiary/aromatic N) is 1. The number of fused-ring (bicyclic) bond motifs is 5. The van der Waals surface area contributed by atoms with Crippen LogP contribution in [-0.2, 0) is 47.7 Å². The number of carbonyl (C=O) groups is 5. The van der Waals surface area contributed by atoms with E-state index in [-0.39, 0.29) is 56.0 Å². The molecular weight excluding hydrogens is 610 g/mol. The van der Waals surface area contributed by atoms with Gasteiger partial charge in [-0.15, -0.1) is 0 Å². The van der Waals surface area contributed by atoms with Crippen LogP contribution in [0.2, 0.25) is 0 Å². The lowest BCUT2D eigenvalue weighted by atomic mass is 9.69. The van der Waals surface area contributed by atoms with Crippen molar-refractivity contribution in [2.45, 2.75) is 142 Å². The van der Waals surface area contributed by atoms with Gasteiger partial charge in [-0.05, 0) is 67.5 Å². The van der Waals surface area contributed by atoms with E-state index in [1.165, 1.54) is 20.8 Å². The van der Waals surface area contributed by atoms with E-state index in [9.17, 15) is 29.1 Å². The van der Waals surface area contributed by atoms with Crippen molar-refractivity contribution in [1.82, 2.24) is 4.90 Å². The third kappa shape index (κ3) is 8.68. The Morgan fingerprint density at radius 3 is 2.23 bits per heavy atom. The molecule has 0 aromatic rings. The maximum Gasteiger partial charge on any atom is 0.316 e. The minimum absolute atomic E-state index is 0.0198. The number of ether oxygens (including phenoxy) is 5. The Labute approximate surface area is 279 Å². The van der Waals surface area contributed by atoms with Crippen molar-refractivity contribution >= 4 is 29.3 Å². The highest BCUT2D eigenvalue weighted by Crippen LogP contribution is 2.42. The number of cyclic esters (lactones) is 1. The molecule has 3 aliphatic heterocycles. The zero-order chi connectivity index (χ0) is 35.6. The first kappa shape index (κ1) is 39.2. The quantitative estimate of drug-likeness (QED) is 0.338. The van der Waals surface area contributed by atoms with Crippen LogP contribution in [0.4, 0.5) is 0 Å².